The van der Waals surface area contributed by atoms with Crippen molar-refractivity contribution in [1.29, 1.82) is 0 Å². The molecule has 1 rings (SSSR count). The van der Waals surface area contributed by atoms with Crippen LogP contribution < -0.4 is 9.01 Å². The maximum atomic E-state index is 11.0. The third-order valence-electron chi connectivity index (χ3n) is 1.08. The van der Waals surface area contributed by atoms with Gasteiger partial charge in [0, 0.05) is 6.07 Å². The lowest BCUT2D eigenvalue weighted by atomic mass is 10.7. The van der Waals surface area contributed by atoms with Gasteiger partial charge in [-0.2, -0.15) is 21.1 Å². The third-order valence-corrected chi connectivity index (χ3v) is 3.99. The van der Waals surface area contributed by atoms with E-state index < -0.39 is 31.8 Å². The van der Waals surface area contributed by atoms with Crippen LogP contribution in [0.25, 0.3) is 0 Å². The summed E-state index contributed by atoms with van der Waals surface area (Å²) in [5.41, 5.74) is 0. The number of nitrogens with zero attached hydrogens (tertiary/aromatic N) is 2. The summed E-state index contributed by atoms with van der Waals surface area (Å²) in [6.45, 7) is 0. The molecule has 0 aliphatic heterocycles. The molecule has 0 bridgehead atoms. The zero-order valence-electron chi connectivity index (χ0n) is 8.14. The van der Waals surface area contributed by atoms with Crippen LogP contribution in [0.1, 0.15) is 0 Å². The molecular weight excluding hydrogens is 316 g/mol. The van der Waals surface area contributed by atoms with Crippen LogP contribution in [-0.2, 0) is 39.0 Å². The molecule has 0 atom stereocenters. The van der Waals surface area contributed by atoms with E-state index in [0.29, 0.717) is 4.73 Å². The van der Waals surface area contributed by atoms with Gasteiger partial charge in [0.15, 0.2) is 0 Å². The average Bonchev–Trinajstić information content (AvgIpc) is 2.13. The minimum Gasteiger partial charge on any atom is -0.201 e. The molecule has 0 spiro atoms. The van der Waals surface area contributed by atoms with Crippen LogP contribution >= 0.6 is 0 Å². The normalized spacial score (nSPS) is 12.5. The molecule has 0 fully saturated rings. The number of rotatable bonds is 6. The highest BCUT2D eigenvalue weighted by molar-refractivity contribution is 7.98. The molecule has 18 heavy (non-hydrogen) atoms. The van der Waals surface area contributed by atoms with Gasteiger partial charge in [-0.05, 0) is 4.73 Å². The molecule has 0 radical (unpaired) electrons. The molecular formula is C4H5N2O9S3+. The Morgan fingerprint density at radius 3 is 2.28 bits per heavy atom. The Kier molecular flexibility index (Phi) is 4.52. The van der Waals surface area contributed by atoms with Gasteiger partial charge in [-0.25, -0.2) is 8.42 Å². The summed E-state index contributed by atoms with van der Waals surface area (Å²) in [5.74, 6) is 0. The average molecular weight is 321 g/mol. The predicted octanol–water partition coefficient (Wildman–Crippen LogP) is -3.15. The first-order valence-electron chi connectivity index (χ1n) is 3.76. The summed E-state index contributed by atoms with van der Waals surface area (Å²) >= 11 is 0. The molecule has 0 amide bonds. The molecule has 0 saturated heterocycles. The molecule has 14 heteroatoms. The lowest BCUT2D eigenvalue weighted by Crippen LogP contribution is -2.46. The van der Waals surface area contributed by atoms with Gasteiger partial charge in [0.2, 0.25) is 0 Å². The summed E-state index contributed by atoms with van der Waals surface area (Å²) in [5, 5.41) is 0. The Morgan fingerprint density at radius 2 is 1.78 bits per heavy atom. The van der Waals surface area contributed by atoms with E-state index >= 15 is 0 Å². The van der Waals surface area contributed by atoms with Crippen molar-refractivity contribution < 1.29 is 41.5 Å². The van der Waals surface area contributed by atoms with Crippen LogP contribution in [0.5, 0.6) is 0 Å². The Hall–Kier alpha value is -1.35. The summed E-state index contributed by atoms with van der Waals surface area (Å²) < 4.78 is 74.7. The van der Waals surface area contributed by atoms with Gasteiger partial charge in [-0.3, -0.25) is 0 Å². The second-order valence-electron chi connectivity index (χ2n) is 2.37. The first-order valence-corrected chi connectivity index (χ1v) is 7.53. The molecule has 102 valence electrons. The predicted molar refractivity (Wildman–Crippen MR) is 51.3 cm³/mol. The standard InChI is InChI=1S/C4H5N2O9S3/c7-16(8)14-18(11,12)15-17(9,10)13-6-3-1-2-5-4-6/h1-4,16H/q+1. The zero-order chi connectivity index (χ0) is 13.8. The van der Waals surface area contributed by atoms with E-state index in [4.69, 9.17) is 0 Å². The fourth-order valence-electron chi connectivity index (χ4n) is 0.667. The minimum absolute atomic E-state index is 0.502. The molecule has 0 saturated carbocycles. The molecule has 0 unspecified atom stereocenters. The van der Waals surface area contributed by atoms with Crippen LogP contribution in [0, 0.1) is 0 Å². The number of thiol groups is 1. The van der Waals surface area contributed by atoms with Gasteiger partial charge >= 0.3 is 27.1 Å². The maximum Gasteiger partial charge on any atom is 0.501 e. The minimum atomic E-state index is -5.30. The van der Waals surface area contributed by atoms with E-state index in [1.165, 1.54) is 12.3 Å². The molecule has 11 nitrogen and oxygen atoms in total. The van der Waals surface area contributed by atoms with Gasteiger partial charge in [-0.15, -0.1) is 3.63 Å². The SMILES string of the molecule is O=[SH](=O)OS(=O)(=O)OS(=O)(=O)O[n+]1cccnc1. The van der Waals surface area contributed by atoms with Crippen molar-refractivity contribution in [2.75, 3.05) is 0 Å². The van der Waals surface area contributed by atoms with Gasteiger partial charge in [-0.1, -0.05) is 8.61 Å². The highest BCUT2D eigenvalue weighted by atomic mass is 32.3. The highest BCUT2D eigenvalue weighted by Crippen LogP contribution is 2.01. The second-order valence-corrected chi connectivity index (χ2v) is 5.74. The van der Waals surface area contributed by atoms with Crippen molar-refractivity contribution in [2.45, 2.75) is 0 Å². The summed E-state index contributed by atoms with van der Waals surface area (Å²) in [7, 11) is -14.2. The van der Waals surface area contributed by atoms with E-state index in [9.17, 15) is 25.3 Å². The first kappa shape index (κ1) is 14.7. The Bertz CT molecular complexity index is 668. The van der Waals surface area contributed by atoms with Crippen molar-refractivity contribution >= 4 is 31.8 Å². The number of aromatic nitrogens is 2. The van der Waals surface area contributed by atoms with E-state index in [0.717, 1.165) is 12.5 Å². The van der Waals surface area contributed by atoms with Crippen LogP contribution in [0.15, 0.2) is 24.8 Å². The maximum absolute atomic E-state index is 11.0. The van der Waals surface area contributed by atoms with Crippen molar-refractivity contribution in [1.82, 2.24) is 4.98 Å². The zero-order valence-corrected chi connectivity index (χ0v) is 10.7. The van der Waals surface area contributed by atoms with E-state index in [1.54, 1.807) is 0 Å². The molecule has 0 N–H and O–H groups in total. The molecule has 0 aliphatic carbocycles. The Balaban J connectivity index is 2.84. The topological polar surface area (TPSA) is 147 Å². The van der Waals surface area contributed by atoms with E-state index in [-0.39, 0.29) is 0 Å². The fraction of sp³-hybridized carbons (Fsp3) is 0. The fourth-order valence-corrected chi connectivity index (χ4v) is 2.80. The Morgan fingerprint density at radius 1 is 1.11 bits per heavy atom. The lowest BCUT2D eigenvalue weighted by molar-refractivity contribution is -0.859. The monoisotopic (exact) mass is 321 g/mol. The van der Waals surface area contributed by atoms with Gasteiger partial charge in [0.1, 0.15) is 12.4 Å². The molecule has 0 aromatic carbocycles. The van der Waals surface area contributed by atoms with Crippen LogP contribution in [0.2, 0.25) is 0 Å². The van der Waals surface area contributed by atoms with Crippen LogP contribution in [-0.4, -0.2) is 30.2 Å². The highest BCUT2D eigenvalue weighted by Gasteiger charge is 2.29. The van der Waals surface area contributed by atoms with E-state index in [2.05, 4.69) is 16.5 Å². The van der Waals surface area contributed by atoms with Gasteiger partial charge in [0.25, 0.3) is 11.0 Å². The first-order chi connectivity index (χ1) is 8.20. The van der Waals surface area contributed by atoms with Crippen molar-refractivity contribution in [3.63, 3.8) is 0 Å². The Labute approximate surface area is 103 Å². The van der Waals surface area contributed by atoms with Crippen molar-refractivity contribution in [3.8, 4) is 0 Å². The molecule has 1 heterocycles. The third kappa shape index (κ3) is 5.32. The lowest BCUT2D eigenvalue weighted by Gasteiger charge is -2.00. The second kappa shape index (κ2) is 5.53. The van der Waals surface area contributed by atoms with Crippen molar-refractivity contribution in [3.05, 3.63) is 24.8 Å². The summed E-state index contributed by atoms with van der Waals surface area (Å²) in [4.78, 5) is 3.45. The number of hydrogen-bond acceptors (Lipinski definition) is 10. The quantitative estimate of drug-likeness (QED) is 0.420. The van der Waals surface area contributed by atoms with Crippen LogP contribution in [0.3, 0.4) is 0 Å². The summed E-state index contributed by atoms with van der Waals surface area (Å²) in [6.07, 6.45) is 3.23. The van der Waals surface area contributed by atoms with Crippen molar-refractivity contribution in [2.24, 2.45) is 0 Å². The van der Waals surface area contributed by atoms with Gasteiger partial charge < -0.3 is 0 Å². The smallest absolute Gasteiger partial charge is 0.201 e. The molecule has 1 aromatic heterocycles. The number of hydrogen-bond donors (Lipinski definition) is 1. The van der Waals surface area contributed by atoms with Crippen LogP contribution in [0.4, 0.5) is 0 Å². The molecule has 1 aromatic rings. The summed E-state index contributed by atoms with van der Waals surface area (Å²) in [6, 6.07) is 1.27. The molecule has 0 aliphatic rings. The largest absolute Gasteiger partial charge is 0.501 e. The van der Waals surface area contributed by atoms with E-state index in [1.807, 2.05) is 0 Å². The van der Waals surface area contributed by atoms with Gasteiger partial charge in [0.05, 0.1) is 0 Å².